The monoisotopic (exact) mass is 391 g/mol. The van der Waals surface area contributed by atoms with E-state index in [0.717, 1.165) is 5.56 Å². The fourth-order valence-corrected chi connectivity index (χ4v) is 2.86. The number of nitrogens with zero attached hydrogens (tertiary/aromatic N) is 1. The third-order valence-electron chi connectivity index (χ3n) is 4.16. The Morgan fingerprint density at radius 2 is 1.96 bits per heavy atom. The lowest BCUT2D eigenvalue weighted by molar-refractivity contribution is 0.0921. The highest BCUT2D eigenvalue weighted by Crippen LogP contribution is 2.34. The molecule has 1 aliphatic rings. The van der Waals surface area contributed by atoms with E-state index < -0.39 is 0 Å². The third-order valence-corrected chi connectivity index (χ3v) is 4.41. The molecule has 0 aliphatic carbocycles. The second-order valence-corrected chi connectivity index (χ2v) is 6.54. The number of fused-ring (bicyclic) bond motifs is 1. The molecule has 5 nitrogen and oxygen atoms in total. The molecule has 0 spiro atoms. The first-order valence-electron chi connectivity index (χ1n) is 8.50. The average Bonchev–Trinajstić information content (AvgIpc) is 3.02. The van der Waals surface area contributed by atoms with Crippen LogP contribution in [0, 0.1) is 0 Å². The Labute approximate surface area is 166 Å². The van der Waals surface area contributed by atoms with Gasteiger partial charge in [-0.1, -0.05) is 17.7 Å². The van der Waals surface area contributed by atoms with Gasteiger partial charge in [0.1, 0.15) is 11.5 Å². The van der Waals surface area contributed by atoms with Crippen LogP contribution < -0.4 is 9.47 Å². The summed E-state index contributed by atoms with van der Waals surface area (Å²) in [4.78, 5) is 28.7. The number of ketones is 2. The number of ether oxygens (including phenoxy) is 2. The second-order valence-electron chi connectivity index (χ2n) is 6.10. The Hall–Kier alpha value is -3.44. The minimum Gasteiger partial charge on any atom is -0.485 e. The SMILES string of the molecule is O=C(COc1ccc2c(c1)O/C(=C\c1cccnc1)C2=O)c1ccc(Cl)cc1. The zero-order valence-corrected chi connectivity index (χ0v) is 15.3. The van der Waals surface area contributed by atoms with Crippen molar-refractivity contribution in [1.82, 2.24) is 4.98 Å². The van der Waals surface area contributed by atoms with Crippen molar-refractivity contribution in [1.29, 1.82) is 0 Å². The summed E-state index contributed by atoms with van der Waals surface area (Å²) in [6, 6.07) is 15.1. The van der Waals surface area contributed by atoms with Gasteiger partial charge < -0.3 is 9.47 Å². The first-order valence-corrected chi connectivity index (χ1v) is 8.88. The minimum absolute atomic E-state index is 0.132. The number of aromatic nitrogens is 1. The van der Waals surface area contributed by atoms with Gasteiger partial charge in [0.2, 0.25) is 5.78 Å². The summed E-state index contributed by atoms with van der Waals surface area (Å²) in [6.07, 6.45) is 4.94. The Morgan fingerprint density at radius 3 is 2.71 bits per heavy atom. The molecule has 0 amide bonds. The summed E-state index contributed by atoms with van der Waals surface area (Å²) in [5.74, 6) is 0.680. The largest absolute Gasteiger partial charge is 0.485 e. The number of hydrogen-bond donors (Lipinski definition) is 0. The van der Waals surface area contributed by atoms with E-state index in [9.17, 15) is 9.59 Å². The van der Waals surface area contributed by atoms with Crippen LogP contribution in [0.15, 0.2) is 72.8 Å². The van der Waals surface area contributed by atoms with Crippen molar-refractivity contribution < 1.29 is 19.1 Å². The summed E-state index contributed by atoms with van der Waals surface area (Å²) in [5.41, 5.74) is 1.73. The van der Waals surface area contributed by atoms with Gasteiger partial charge in [-0.3, -0.25) is 14.6 Å². The molecule has 1 aliphatic heterocycles. The number of allylic oxidation sites excluding steroid dienone is 1. The summed E-state index contributed by atoms with van der Waals surface area (Å²) in [5, 5.41) is 0.563. The maximum absolute atomic E-state index is 12.5. The molecule has 1 aromatic heterocycles. The third kappa shape index (κ3) is 3.80. The lowest BCUT2D eigenvalue weighted by Crippen LogP contribution is -2.11. The van der Waals surface area contributed by atoms with Crippen LogP contribution in [-0.2, 0) is 0 Å². The minimum atomic E-state index is -0.206. The highest BCUT2D eigenvalue weighted by atomic mass is 35.5. The number of carbonyl (C=O) groups is 2. The Kier molecular flexibility index (Phi) is 4.91. The van der Waals surface area contributed by atoms with Gasteiger partial charge in [-0.15, -0.1) is 0 Å². The van der Waals surface area contributed by atoms with Crippen molar-refractivity contribution >= 4 is 29.2 Å². The van der Waals surface area contributed by atoms with E-state index in [1.165, 1.54) is 0 Å². The molecule has 6 heteroatoms. The molecule has 28 heavy (non-hydrogen) atoms. The fraction of sp³-hybridized carbons (Fsp3) is 0.0455. The molecule has 0 saturated heterocycles. The van der Waals surface area contributed by atoms with Crippen molar-refractivity contribution in [3.8, 4) is 11.5 Å². The van der Waals surface area contributed by atoms with Crippen LogP contribution in [0.3, 0.4) is 0 Å². The Balaban J connectivity index is 1.46. The van der Waals surface area contributed by atoms with Gasteiger partial charge in [-0.05, 0) is 54.1 Å². The van der Waals surface area contributed by atoms with Crippen molar-refractivity contribution in [3.05, 3.63) is 94.5 Å². The van der Waals surface area contributed by atoms with Crippen LogP contribution in [-0.4, -0.2) is 23.2 Å². The predicted molar refractivity (Wildman–Crippen MR) is 105 cm³/mol. The van der Waals surface area contributed by atoms with Crippen LogP contribution >= 0.6 is 11.6 Å². The molecule has 0 bridgehead atoms. The normalized spacial score (nSPS) is 13.9. The van der Waals surface area contributed by atoms with Crippen LogP contribution in [0.5, 0.6) is 11.5 Å². The van der Waals surface area contributed by atoms with Crippen LogP contribution in [0.4, 0.5) is 0 Å². The molecule has 0 radical (unpaired) electrons. The van der Waals surface area contributed by atoms with Crippen LogP contribution in [0.1, 0.15) is 26.3 Å². The summed E-state index contributed by atoms with van der Waals surface area (Å²) in [7, 11) is 0. The van der Waals surface area contributed by atoms with Crippen LogP contribution in [0.2, 0.25) is 5.02 Å². The highest BCUT2D eigenvalue weighted by Gasteiger charge is 2.27. The van der Waals surface area contributed by atoms with Gasteiger partial charge in [0.05, 0.1) is 5.56 Å². The predicted octanol–water partition coefficient (Wildman–Crippen LogP) is 4.61. The van der Waals surface area contributed by atoms with Gasteiger partial charge in [0, 0.05) is 29.0 Å². The molecule has 2 aromatic carbocycles. The molecule has 138 valence electrons. The average molecular weight is 392 g/mol. The van der Waals surface area contributed by atoms with Crippen molar-refractivity contribution in [2.75, 3.05) is 6.61 Å². The lowest BCUT2D eigenvalue weighted by atomic mass is 10.1. The molecule has 3 aromatic rings. The number of hydrogen-bond acceptors (Lipinski definition) is 5. The lowest BCUT2D eigenvalue weighted by Gasteiger charge is -2.07. The zero-order chi connectivity index (χ0) is 19.5. The smallest absolute Gasteiger partial charge is 0.231 e. The highest BCUT2D eigenvalue weighted by molar-refractivity contribution is 6.30. The van der Waals surface area contributed by atoms with Crippen molar-refractivity contribution in [2.24, 2.45) is 0 Å². The topological polar surface area (TPSA) is 65.5 Å². The Bertz CT molecular complexity index is 1080. The maximum atomic E-state index is 12.5. The van der Waals surface area contributed by atoms with Gasteiger partial charge in [-0.2, -0.15) is 0 Å². The van der Waals surface area contributed by atoms with Crippen molar-refractivity contribution in [3.63, 3.8) is 0 Å². The number of benzene rings is 2. The number of pyridine rings is 1. The first kappa shape index (κ1) is 17.9. The number of Topliss-reactive ketones (excluding diaryl/α,β-unsaturated/α-hetero) is 2. The second kappa shape index (κ2) is 7.66. The van der Waals surface area contributed by atoms with Gasteiger partial charge in [0.15, 0.2) is 18.1 Å². The van der Waals surface area contributed by atoms with E-state index in [0.29, 0.717) is 27.6 Å². The van der Waals surface area contributed by atoms with E-state index in [2.05, 4.69) is 4.98 Å². The van der Waals surface area contributed by atoms with E-state index in [1.54, 1.807) is 67.0 Å². The fourth-order valence-electron chi connectivity index (χ4n) is 2.74. The molecular formula is C22H14ClNO4. The summed E-state index contributed by atoms with van der Waals surface area (Å²) >= 11 is 5.83. The van der Waals surface area contributed by atoms with E-state index in [1.807, 2.05) is 6.07 Å². The zero-order valence-electron chi connectivity index (χ0n) is 14.6. The molecule has 0 atom stereocenters. The molecule has 0 fully saturated rings. The summed E-state index contributed by atoms with van der Waals surface area (Å²) in [6.45, 7) is -0.132. The standard InChI is InChI=1S/C22H14ClNO4/c23-16-5-3-15(4-6-16)19(25)13-27-17-7-8-18-20(11-17)28-21(22(18)26)10-14-2-1-9-24-12-14/h1-12H,13H2/b21-10-. The molecule has 2 heterocycles. The molecule has 0 N–H and O–H groups in total. The van der Waals surface area contributed by atoms with Gasteiger partial charge in [0.25, 0.3) is 0 Å². The Morgan fingerprint density at radius 1 is 1.14 bits per heavy atom. The van der Waals surface area contributed by atoms with Crippen molar-refractivity contribution in [2.45, 2.75) is 0 Å². The number of halogens is 1. The summed E-state index contributed by atoms with van der Waals surface area (Å²) < 4.78 is 11.2. The van der Waals surface area contributed by atoms with Gasteiger partial charge in [-0.25, -0.2) is 0 Å². The number of carbonyl (C=O) groups excluding carboxylic acids is 2. The molecule has 0 saturated carbocycles. The van der Waals surface area contributed by atoms with E-state index in [4.69, 9.17) is 21.1 Å². The number of rotatable bonds is 5. The van der Waals surface area contributed by atoms with E-state index >= 15 is 0 Å². The van der Waals surface area contributed by atoms with Crippen LogP contribution in [0.25, 0.3) is 6.08 Å². The quantitative estimate of drug-likeness (QED) is 0.469. The molecule has 0 unspecified atom stereocenters. The van der Waals surface area contributed by atoms with Gasteiger partial charge >= 0.3 is 0 Å². The maximum Gasteiger partial charge on any atom is 0.231 e. The molecular weight excluding hydrogens is 378 g/mol. The molecule has 4 rings (SSSR count). The van der Waals surface area contributed by atoms with E-state index in [-0.39, 0.29) is 23.9 Å². The first-order chi connectivity index (χ1) is 13.6.